The minimum Gasteiger partial charge on any atom is -0.453 e. The van der Waals surface area contributed by atoms with Gasteiger partial charge >= 0.3 is 6.09 Å². The van der Waals surface area contributed by atoms with Crippen LogP contribution in [0.25, 0.3) is 22.4 Å². The molecule has 1 aromatic heterocycles. The average Bonchev–Trinajstić information content (AvgIpc) is 3.06. The number of aromatic amines is 1. The van der Waals surface area contributed by atoms with Crippen molar-refractivity contribution in [2.24, 2.45) is 0 Å². The molecule has 1 heterocycles. The molecule has 0 saturated heterocycles. The van der Waals surface area contributed by atoms with E-state index < -0.39 is 6.09 Å². The molecule has 6 heteroatoms. The maximum Gasteiger partial charge on any atom is 0.411 e. The highest BCUT2D eigenvalue weighted by molar-refractivity contribution is 5.96. The first kappa shape index (κ1) is 17.8. The predicted molar refractivity (Wildman–Crippen MR) is 106 cm³/mol. The van der Waals surface area contributed by atoms with Crippen LogP contribution in [0.5, 0.6) is 0 Å². The molecule has 0 unspecified atom stereocenters. The van der Waals surface area contributed by atoms with E-state index in [0.717, 1.165) is 41.2 Å². The monoisotopic (exact) mass is 352 g/mol. The summed E-state index contributed by atoms with van der Waals surface area (Å²) in [7, 11) is 1.36. The molecule has 0 radical (unpaired) electrons. The van der Waals surface area contributed by atoms with E-state index in [-0.39, 0.29) is 0 Å². The predicted octanol–water partition coefficient (Wildman–Crippen LogP) is 4.56. The van der Waals surface area contributed by atoms with Crippen molar-refractivity contribution in [2.45, 2.75) is 20.8 Å². The van der Waals surface area contributed by atoms with Crippen LogP contribution in [-0.2, 0) is 4.74 Å². The number of benzene rings is 2. The lowest BCUT2D eigenvalue weighted by atomic mass is 10.1. The van der Waals surface area contributed by atoms with Crippen molar-refractivity contribution in [3.05, 3.63) is 42.0 Å². The molecule has 0 aliphatic heterocycles. The van der Waals surface area contributed by atoms with E-state index in [1.165, 1.54) is 12.7 Å². The zero-order valence-electron chi connectivity index (χ0n) is 15.6. The maximum absolute atomic E-state index is 11.7. The van der Waals surface area contributed by atoms with Gasteiger partial charge < -0.3 is 14.6 Å². The Labute approximate surface area is 153 Å². The number of fused-ring (bicyclic) bond motifs is 1. The second kappa shape index (κ2) is 7.47. The summed E-state index contributed by atoms with van der Waals surface area (Å²) in [5.41, 5.74) is 5.58. The van der Waals surface area contributed by atoms with E-state index in [0.29, 0.717) is 5.69 Å². The summed E-state index contributed by atoms with van der Waals surface area (Å²) in [5, 5.41) is 2.80. The highest BCUT2D eigenvalue weighted by Gasteiger charge is 2.15. The topological polar surface area (TPSA) is 70.2 Å². The standard InChI is InChI=1S/C20H24N4O2/c1-5-24(6-2)18-12-16-15(11-17(18)23-20(25)26-4)21-19(22-16)14-9-7-13(3)8-10-14/h7-12H,5-6H2,1-4H3,(H,21,22)(H,23,25). The van der Waals surface area contributed by atoms with Crippen molar-refractivity contribution in [1.29, 1.82) is 0 Å². The third-order valence-corrected chi connectivity index (χ3v) is 4.45. The lowest BCUT2D eigenvalue weighted by Gasteiger charge is -2.24. The number of hydrogen-bond acceptors (Lipinski definition) is 4. The Morgan fingerprint density at radius 3 is 2.50 bits per heavy atom. The van der Waals surface area contributed by atoms with Crippen LogP contribution in [0, 0.1) is 6.92 Å². The first-order valence-corrected chi connectivity index (χ1v) is 8.76. The molecular weight excluding hydrogens is 328 g/mol. The number of carbonyl (C=O) groups is 1. The van der Waals surface area contributed by atoms with Gasteiger partial charge in [0, 0.05) is 18.7 Å². The van der Waals surface area contributed by atoms with Gasteiger partial charge in [0.05, 0.1) is 29.5 Å². The van der Waals surface area contributed by atoms with Crippen LogP contribution < -0.4 is 10.2 Å². The van der Waals surface area contributed by atoms with Gasteiger partial charge in [0.25, 0.3) is 0 Å². The van der Waals surface area contributed by atoms with E-state index in [1.807, 2.05) is 24.3 Å². The number of H-pyrrole nitrogens is 1. The van der Waals surface area contributed by atoms with Gasteiger partial charge in [0.1, 0.15) is 5.82 Å². The molecule has 1 amide bonds. The Morgan fingerprint density at radius 1 is 1.19 bits per heavy atom. The zero-order valence-corrected chi connectivity index (χ0v) is 15.6. The van der Waals surface area contributed by atoms with Gasteiger partial charge in [0.15, 0.2) is 0 Å². The Hall–Kier alpha value is -3.02. The molecule has 26 heavy (non-hydrogen) atoms. The molecule has 0 saturated carbocycles. The maximum atomic E-state index is 11.7. The summed E-state index contributed by atoms with van der Waals surface area (Å²) in [4.78, 5) is 22.0. The molecular formula is C20H24N4O2. The molecule has 0 spiro atoms. The van der Waals surface area contributed by atoms with Gasteiger partial charge in [-0.25, -0.2) is 9.78 Å². The van der Waals surface area contributed by atoms with Gasteiger partial charge in [-0.05, 0) is 32.9 Å². The van der Waals surface area contributed by atoms with Crippen LogP contribution in [-0.4, -0.2) is 36.3 Å². The van der Waals surface area contributed by atoms with Crippen molar-refractivity contribution < 1.29 is 9.53 Å². The van der Waals surface area contributed by atoms with Gasteiger partial charge in [0.2, 0.25) is 0 Å². The SMILES string of the molecule is CCN(CC)c1cc2[nH]c(-c3ccc(C)cc3)nc2cc1NC(=O)OC. The quantitative estimate of drug-likeness (QED) is 0.706. The van der Waals surface area contributed by atoms with Crippen LogP contribution in [0.4, 0.5) is 16.2 Å². The number of ether oxygens (including phenoxy) is 1. The Morgan fingerprint density at radius 2 is 1.88 bits per heavy atom. The number of imidazole rings is 1. The zero-order chi connectivity index (χ0) is 18.7. The minimum absolute atomic E-state index is 0.493. The molecule has 0 atom stereocenters. The van der Waals surface area contributed by atoms with Crippen molar-refractivity contribution in [1.82, 2.24) is 9.97 Å². The van der Waals surface area contributed by atoms with E-state index in [2.05, 4.69) is 48.1 Å². The lowest BCUT2D eigenvalue weighted by molar-refractivity contribution is 0.187. The number of nitrogens with zero attached hydrogens (tertiary/aromatic N) is 2. The van der Waals surface area contributed by atoms with Gasteiger partial charge in [-0.1, -0.05) is 29.8 Å². The molecule has 2 aromatic carbocycles. The highest BCUT2D eigenvalue weighted by Crippen LogP contribution is 2.32. The van der Waals surface area contributed by atoms with E-state index in [4.69, 9.17) is 9.72 Å². The summed E-state index contributed by atoms with van der Waals surface area (Å²) < 4.78 is 4.76. The number of anilines is 2. The number of amides is 1. The van der Waals surface area contributed by atoms with Crippen LogP contribution in [0.2, 0.25) is 0 Å². The van der Waals surface area contributed by atoms with Crippen LogP contribution in [0.3, 0.4) is 0 Å². The van der Waals surface area contributed by atoms with Crippen molar-refractivity contribution >= 4 is 28.5 Å². The summed E-state index contributed by atoms with van der Waals surface area (Å²) in [6.45, 7) is 7.89. The largest absolute Gasteiger partial charge is 0.453 e. The average molecular weight is 352 g/mol. The number of rotatable bonds is 5. The number of nitrogens with one attached hydrogen (secondary N) is 2. The number of aromatic nitrogens is 2. The molecule has 6 nitrogen and oxygen atoms in total. The van der Waals surface area contributed by atoms with E-state index in [9.17, 15) is 4.79 Å². The van der Waals surface area contributed by atoms with Crippen LogP contribution in [0.1, 0.15) is 19.4 Å². The molecule has 136 valence electrons. The summed E-state index contributed by atoms with van der Waals surface area (Å²) >= 11 is 0. The molecule has 3 aromatic rings. The smallest absolute Gasteiger partial charge is 0.411 e. The molecule has 0 bridgehead atoms. The molecule has 0 aliphatic carbocycles. The Kier molecular flexibility index (Phi) is 5.11. The third-order valence-electron chi connectivity index (χ3n) is 4.45. The number of aryl methyl sites for hydroxylation is 1. The van der Waals surface area contributed by atoms with Gasteiger partial charge in [-0.15, -0.1) is 0 Å². The van der Waals surface area contributed by atoms with Crippen molar-refractivity contribution in [3.63, 3.8) is 0 Å². The van der Waals surface area contributed by atoms with Crippen molar-refractivity contribution in [2.75, 3.05) is 30.4 Å². The lowest BCUT2D eigenvalue weighted by Crippen LogP contribution is -2.24. The van der Waals surface area contributed by atoms with E-state index in [1.54, 1.807) is 0 Å². The summed E-state index contributed by atoms with van der Waals surface area (Å²) in [5.74, 6) is 0.806. The third kappa shape index (κ3) is 3.49. The molecule has 0 aliphatic rings. The van der Waals surface area contributed by atoms with Gasteiger partial charge in [-0.3, -0.25) is 5.32 Å². The molecule has 0 fully saturated rings. The Balaban J connectivity index is 2.10. The summed E-state index contributed by atoms with van der Waals surface area (Å²) in [6, 6.07) is 12.1. The highest BCUT2D eigenvalue weighted by atomic mass is 16.5. The second-order valence-corrected chi connectivity index (χ2v) is 6.13. The second-order valence-electron chi connectivity index (χ2n) is 6.13. The fourth-order valence-electron chi connectivity index (χ4n) is 2.98. The fraction of sp³-hybridized carbons (Fsp3) is 0.300. The van der Waals surface area contributed by atoms with Crippen LogP contribution >= 0.6 is 0 Å². The molecule has 2 N–H and O–H groups in total. The van der Waals surface area contributed by atoms with Crippen molar-refractivity contribution in [3.8, 4) is 11.4 Å². The number of methoxy groups -OCH3 is 1. The fourth-order valence-corrected chi connectivity index (χ4v) is 2.98. The normalized spacial score (nSPS) is 10.8. The Bertz CT molecular complexity index is 911. The summed E-state index contributed by atoms with van der Waals surface area (Å²) in [6.07, 6.45) is -0.493. The van der Waals surface area contributed by atoms with Crippen LogP contribution in [0.15, 0.2) is 36.4 Å². The number of carbonyl (C=O) groups excluding carboxylic acids is 1. The van der Waals surface area contributed by atoms with E-state index >= 15 is 0 Å². The first-order valence-electron chi connectivity index (χ1n) is 8.76. The molecule has 3 rings (SSSR count). The minimum atomic E-state index is -0.493. The van der Waals surface area contributed by atoms with Gasteiger partial charge in [-0.2, -0.15) is 0 Å². The number of hydrogen-bond donors (Lipinski definition) is 2. The first-order chi connectivity index (χ1) is 12.5.